The van der Waals surface area contributed by atoms with Crippen molar-refractivity contribution >= 4 is 57.6 Å². The molecule has 434 valence electrons. The van der Waals surface area contributed by atoms with Crippen molar-refractivity contribution in [2.24, 2.45) is 11.1 Å². The van der Waals surface area contributed by atoms with Crippen LogP contribution in [0.4, 0.5) is 29.1 Å². The summed E-state index contributed by atoms with van der Waals surface area (Å²) in [6.07, 6.45) is -1.04. The van der Waals surface area contributed by atoms with Gasteiger partial charge in [0.25, 0.3) is 6.43 Å². The monoisotopic (exact) mass is 1140 g/mol. The van der Waals surface area contributed by atoms with Gasteiger partial charge in [-0.15, -0.1) is 11.3 Å². The van der Waals surface area contributed by atoms with E-state index in [1.165, 1.54) is 17.3 Å². The lowest BCUT2D eigenvalue weighted by molar-refractivity contribution is -0.144. The van der Waals surface area contributed by atoms with E-state index in [9.17, 15) is 37.5 Å². The Balaban J connectivity index is 0.749. The quantitative estimate of drug-likeness (QED) is 0.0333. The largest absolute Gasteiger partial charge is 0.391 e. The van der Waals surface area contributed by atoms with Crippen molar-refractivity contribution in [2.75, 3.05) is 63.2 Å². The number of carbonyl (C=O) groups is 4. The summed E-state index contributed by atoms with van der Waals surface area (Å²) < 4.78 is 70.5. The Morgan fingerprint density at radius 1 is 0.938 bits per heavy atom. The minimum atomic E-state index is -3.24. The molecule has 0 bridgehead atoms. The van der Waals surface area contributed by atoms with Crippen LogP contribution >= 0.6 is 11.3 Å². The molecule has 20 nitrogen and oxygen atoms in total. The van der Waals surface area contributed by atoms with Crippen molar-refractivity contribution < 1.29 is 51.3 Å². The molecule has 81 heavy (non-hydrogen) atoms. The first kappa shape index (κ1) is 59.9. The molecule has 5 atom stereocenters. The average molecular weight is 1140 g/mol. The van der Waals surface area contributed by atoms with Crippen LogP contribution in [-0.4, -0.2) is 152 Å². The number of amides is 4. The second-order valence-electron chi connectivity index (χ2n) is 21.6. The number of anilines is 2. The lowest BCUT2D eigenvalue weighted by Gasteiger charge is -2.43. The highest BCUT2D eigenvalue weighted by Crippen LogP contribution is 2.35. The number of benzene rings is 2. The Hall–Kier alpha value is -7.19. The molecule has 8 rings (SSSR count). The van der Waals surface area contributed by atoms with E-state index >= 15 is 4.39 Å². The van der Waals surface area contributed by atoms with E-state index in [-0.39, 0.29) is 96.6 Å². The van der Waals surface area contributed by atoms with Crippen LogP contribution in [0.25, 0.3) is 32.9 Å². The number of fused-ring (bicyclic) bond motifs is 1. The third kappa shape index (κ3) is 15.0. The van der Waals surface area contributed by atoms with E-state index in [1.807, 2.05) is 31.2 Å². The van der Waals surface area contributed by atoms with Crippen LogP contribution in [0.3, 0.4) is 0 Å². The third-order valence-electron chi connectivity index (χ3n) is 14.5. The number of aromatic nitrogens is 6. The summed E-state index contributed by atoms with van der Waals surface area (Å²) in [5.74, 6) is -2.02. The highest BCUT2D eigenvalue weighted by Gasteiger charge is 2.46. The number of nitrogens with one attached hydrogen (secondary N) is 3. The molecule has 0 spiro atoms. The molecule has 2 unspecified atom stereocenters. The molecule has 2 aliphatic heterocycles. The van der Waals surface area contributed by atoms with Crippen molar-refractivity contribution in [3.8, 4) is 21.7 Å². The number of carbonyl (C=O) groups excluding carboxylic acids is 4. The molecular formula is C56H69F4N13O7S. The van der Waals surface area contributed by atoms with E-state index in [1.54, 1.807) is 77.8 Å². The molecule has 2 saturated heterocycles. The van der Waals surface area contributed by atoms with Crippen LogP contribution < -0.4 is 32.3 Å². The molecule has 2 fully saturated rings. The Kier molecular flexibility index (Phi) is 19.7. The van der Waals surface area contributed by atoms with Gasteiger partial charge in [-0.1, -0.05) is 57.2 Å². The molecule has 6 heterocycles. The number of likely N-dealkylation sites (tertiary alicyclic amines) is 1. The first-order valence-electron chi connectivity index (χ1n) is 26.8. The highest BCUT2D eigenvalue weighted by molar-refractivity contribution is 7.13. The first-order valence-corrected chi connectivity index (χ1v) is 27.7. The number of imidazole rings is 1. The number of alkyl halides is 3. The summed E-state index contributed by atoms with van der Waals surface area (Å²) in [6.45, 7) is 8.04. The lowest BCUT2D eigenvalue weighted by atomic mass is 9.85. The number of rotatable bonds is 24. The van der Waals surface area contributed by atoms with Gasteiger partial charge < -0.3 is 56.4 Å². The van der Waals surface area contributed by atoms with E-state index in [0.717, 1.165) is 21.7 Å². The van der Waals surface area contributed by atoms with Gasteiger partial charge in [-0.3, -0.25) is 24.2 Å². The van der Waals surface area contributed by atoms with Gasteiger partial charge in [0.15, 0.2) is 17.6 Å². The number of β-amino-alcohol motifs (C(OH)–C–C–N with tert-alkyl or cyclic N) is 1. The maximum atomic E-state index is 15.7. The lowest BCUT2D eigenvalue weighted by Crippen LogP contribution is -2.62. The number of nitrogen functional groups attached to an aromatic ring is 1. The third-order valence-corrected chi connectivity index (χ3v) is 15.5. The first-order chi connectivity index (χ1) is 38.7. The van der Waals surface area contributed by atoms with Gasteiger partial charge in [-0.05, 0) is 72.4 Å². The molecule has 4 aromatic heterocycles. The van der Waals surface area contributed by atoms with Gasteiger partial charge in [0.2, 0.25) is 23.6 Å². The minimum Gasteiger partial charge on any atom is -0.391 e. The highest BCUT2D eigenvalue weighted by atomic mass is 32.1. The van der Waals surface area contributed by atoms with Crippen LogP contribution in [0.15, 0.2) is 72.9 Å². The summed E-state index contributed by atoms with van der Waals surface area (Å²) in [6, 6.07) is 12.3. The van der Waals surface area contributed by atoms with E-state index in [4.69, 9.17) is 20.9 Å². The van der Waals surface area contributed by atoms with E-state index < -0.39 is 65.3 Å². The molecule has 25 heteroatoms. The molecule has 6 aromatic rings. The van der Waals surface area contributed by atoms with Crippen LogP contribution in [0.1, 0.15) is 75.3 Å². The molecule has 0 aliphatic carbocycles. The van der Waals surface area contributed by atoms with Crippen molar-refractivity contribution in [3.05, 3.63) is 101 Å². The van der Waals surface area contributed by atoms with Crippen molar-refractivity contribution in [3.63, 3.8) is 0 Å². The van der Waals surface area contributed by atoms with Crippen LogP contribution in [0, 0.1) is 18.2 Å². The van der Waals surface area contributed by atoms with Crippen molar-refractivity contribution in [1.29, 1.82) is 0 Å². The topological polar surface area (TPSA) is 271 Å². The Morgan fingerprint density at radius 2 is 1.70 bits per heavy atom. The fourth-order valence-electron chi connectivity index (χ4n) is 10.1. The van der Waals surface area contributed by atoms with Crippen molar-refractivity contribution in [2.45, 2.75) is 116 Å². The summed E-state index contributed by atoms with van der Waals surface area (Å²) in [5, 5.41) is 19.0. The summed E-state index contributed by atoms with van der Waals surface area (Å²) in [7, 11) is 0. The Bertz CT molecular complexity index is 3160. The maximum absolute atomic E-state index is 15.7. The number of halogens is 4. The van der Waals surface area contributed by atoms with Crippen LogP contribution in [0.5, 0.6) is 0 Å². The molecule has 8 N–H and O–H groups in total. The van der Waals surface area contributed by atoms with Gasteiger partial charge >= 0.3 is 0 Å². The molecular weight excluding hydrogens is 1070 g/mol. The number of ether oxygens (including phenoxy) is 2. The number of hydrogen-bond donors (Lipinski definition) is 6. The van der Waals surface area contributed by atoms with Crippen LogP contribution in [0.2, 0.25) is 0 Å². The zero-order valence-corrected chi connectivity index (χ0v) is 46.5. The fraction of sp³-hybridized carbons (Fsp3) is 0.482. The number of pyridine rings is 1. The number of aryl methyl sites for hydroxylation is 2. The van der Waals surface area contributed by atoms with Crippen molar-refractivity contribution in [1.82, 2.24) is 50.3 Å². The zero-order valence-electron chi connectivity index (χ0n) is 45.7. The van der Waals surface area contributed by atoms with Gasteiger partial charge in [-0.25, -0.2) is 37.5 Å². The number of aliphatic hydroxyl groups is 1. The van der Waals surface area contributed by atoms with Gasteiger partial charge in [0.1, 0.15) is 36.4 Å². The fourth-order valence-corrected chi connectivity index (χ4v) is 10.9. The number of piperidine rings is 1. The molecule has 4 amide bonds. The smallest absolute Gasteiger partial charge is 0.271 e. The average Bonchev–Trinajstić information content (AvgIpc) is 4.42. The number of nitrogens with zero attached hydrogens (tertiary/aromatic N) is 8. The minimum absolute atomic E-state index is 0.0483. The van der Waals surface area contributed by atoms with Gasteiger partial charge in [-0.2, -0.15) is 0 Å². The number of aliphatic hydroxyl groups excluding tert-OH is 1. The SMILES string of the molecule is Cc1ncsc1-c1ccc(CNC(=O)[C@@H]2C[C@@H](O)CN2C(=O)[C@@H](NC(=O)COCCOCCNC(=O)CCCc2ccc(-c3cc(Cn4cnc5c(N)ncnc54)c(N4CCCC(N)(C(F)C(F)F)C4)cn3)cc2F)C(C)(C)C)cc1. The number of nitrogens with two attached hydrogens (primary N) is 2. The molecule has 0 saturated carbocycles. The summed E-state index contributed by atoms with van der Waals surface area (Å²) >= 11 is 1.55. The molecule has 0 radical (unpaired) electrons. The summed E-state index contributed by atoms with van der Waals surface area (Å²) in [4.78, 5) is 78.9. The van der Waals surface area contributed by atoms with E-state index in [0.29, 0.717) is 58.6 Å². The van der Waals surface area contributed by atoms with Gasteiger partial charge in [0, 0.05) is 51.1 Å². The van der Waals surface area contributed by atoms with Gasteiger partial charge in [0.05, 0.1) is 78.0 Å². The second kappa shape index (κ2) is 26.6. The van der Waals surface area contributed by atoms with Crippen LogP contribution in [-0.2, 0) is 48.2 Å². The Morgan fingerprint density at radius 3 is 2.43 bits per heavy atom. The predicted octanol–water partition coefficient (Wildman–Crippen LogP) is 5.27. The Labute approximate surface area is 470 Å². The molecule has 2 aliphatic rings. The number of thiazole rings is 1. The number of hydrogen-bond acceptors (Lipinski definition) is 16. The normalized spacial score (nSPS) is 18.3. The zero-order chi connectivity index (χ0) is 58.0. The summed E-state index contributed by atoms with van der Waals surface area (Å²) in [5.41, 5.74) is 17.6. The second-order valence-corrected chi connectivity index (χ2v) is 22.5. The molecule has 2 aromatic carbocycles. The van der Waals surface area contributed by atoms with E-state index in [2.05, 4.69) is 40.9 Å². The standard InChI is InChI=1S/C56H69F4N13O7S/c1-33-47(81-32-69-33)36-11-9-34(10-12-36)24-65-53(77)42-23-39(74)27-73(42)54(78)49(55(2,3)4)70-45(76)28-80-20-19-79-18-16-63-44(75)8-5-7-35-13-14-37(21-40(35)57)41-22-38(26-72-31-68-46-51(61)66-30-67-52(46)72)43(25-64-41)71-17-6-15-56(62,29-71)48(58)50(59)60/h9-14,21-22,25,30-32,39,42,48-50,74H,5-8,15-20,23-24,26-29,62H2,1-4H3,(H,63,75)(H,65,77)(H,70,76)(H2,61,66,67)/t39-,42+,48?,49-,56?/m1/s1. The maximum Gasteiger partial charge on any atom is 0.271 e. The predicted molar refractivity (Wildman–Crippen MR) is 297 cm³/mol.